The first-order valence-corrected chi connectivity index (χ1v) is 10.4. The van der Waals surface area contributed by atoms with Crippen LogP contribution in [0.15, 0.2) is 54.9 Å². The molecule has 3 heterocycles. The van der Waals surface area contributed by atoms with E-state index in [2.05, 4.69) is 20.9 Å². The van der Waals surface area contributed by atoms with E-state index in [0.29, 0.717) is 17.9 Å². The number of aromatic nitrogens is 2. The summed E-state index contributed by atoms with van der Waals surface area (Å²) in [5, 5.41) is 16.5. The van der Waals surface area contributed by atoms with Crippen LogP contribution < -0.4 is 10.5 Å². The minimum Gasteiger partial charge on any atom is -0.492 e. The van der Waals surface area contributed by atoms with Crippen LogP contribution in [0, 0.1) is 11.3 Å². The summed E-state index contributed by atoms with van der Waals surface area (Å²) in [6.45, 7) is 4.71. The number of hydrogen-bond acceptors (Lipinski definition) is 8. The highest BCUT2D eigenvalue weighted by Crippen LogP contribution is 2.31. The van der Waals surface area contributed by atoms with Crippen molar-refractivity contribution in [3.8, 4) is 34.2 Å². The van der Waals surface area contributed by atoms with Gasteiger partial charge in [0.15, 0.2) is 0 Å². The summed E-state index contributed by atoms with van der Waals surface area (Å²) in [7, 11) is 0. The van der Waals surface area contributed by atoms with Crippen molar-refractivity contribution >= 4 is 12.3 Å². The van der Waals surface area contributed by atoms with Crippen molar-refractivity contribution in [2.75, 3.05) is 45.2 Å². The fourth-order valence-corrected chi connectivity index (χ4v) is 3.42. The molecule has 1 aliphatic heterocycles. The Labute approximate surface area is 192 Å². The summed E-state index contributed by atoms with van der Waals surface area (Å²) < 4.78 is 11.2. The average Bonchev–Trinajstić information content (AvgIpc) is 2.86. The van der Waals surface area contributed by atoms with Crippen LogP contribution in [0.4, 0.5) is 5.82 Å². The number of rotatable bonds is 6. The van der Waals surface area contributed by atoms with Crippen LogP contribution in [0.3, 0.4) is 0 Å². The lowest BCUT2D eigenvalue weighted by molar-refractivity contribution is -0.122. The molecule has 1 aromatic carbocycles. The van der Waals surface area contributed by atoms with E-state index in [4.69, 9.17) is 25.1 Å². The van der Waals surface area contributed by atoms with Gasteiger partial charge in [-0.15, -0.1) is 0 Å². The Balaban J connectivity index is 0.000000968. The van der Waals surface area contributed by atoms with Crippen molar-refractivity contribution in [1.29, 1.82) is 5.26 Å². The number of hydrogen-bond donors (Lipinski definition) is 2. The Morgan fingerprint density at radius 1 is 1.21 bits per heavy atom. The smallest absolute Gasteiger partial charge is 0.290 e. The number of pyridine rings is 2. The van der Waals surface area contributed by atoms with E-state index < -0.39 is 0 Å². The fraction of sp³-hybridized carbons (Fsp3) is 0.250. The lowest BCUT2D eigenvalue weighted by Crippen LogP contribution is -2.38. The maximum Gasteiger partial charge on any atom is 0.290 e. The van der Waals surface area contributed by atoms with Gasteiger partial charge in [0.25, 0.3) is 6.47 Å². The molecule has 0 radical (unpaired) electrons. The van der Waals surface area contributed by atoms with E-state index in [-0.39, 0.29) is 12.3 Å². The van der Waals surface area contributed by atoms with Crippen LogP contribution in [0.1, 0.15) is 5.56 Å². The van der Waals surface area contributed by atoms with Gasteiger partial charge in [0, 0.05) is 43.2 Å². The zero-order chi connectivity index (χ0) is 23.5. The first-order valence-electron chi connectivity index (χ1n) is 10.4. The van der Waals surface area contributed by atoms with Gasteiger partial charge in [-0.1, -0.05) is 12.1 Å². The second-order valence-electron chi connectivity index (χ2n) is 7.10. The average molecular weight is 447 g/mol. The van der Waals surface area contributed by atoms with Gasteiger partial charge >= 0.3 is 0 Å². The number of nitrogens with two attached hydrogens (primary N) is 1. The molecule has 1 fully saturated rings. The Bertz CT molecular complexity index is 1080. The van der Waals surface area contributed by atoms with Gasteiger partial charge in [-0.25, -0.2) is 4.98 Å². The number of nitrogen functional groups attached to an aromatic ring is 1. The molecule has 1 saturated heterocycles. The van der Waals surface area contributed by atoms with Crippen molar-refractivity contribution in [3.63, 3.8) is 0 Å². The Kier molecular flexibility index (Phi) is 8.71. The monoisotopic (exact) mass is 447 g/mol. The normalized spacial score (nSPS) is 13.3. The minimum absolute atomic E-state index is 0.208. The molecule has 3 aromatic rings. The summed E-state index contributed by atoms with van der Waals surface area (Å²) in [6.07, 6.45) is 3.43. The van der Waals surface area contributed by atoms with E-state index in [1.807, 2.05) is 42.5 Å². The topological polar surface area (TPSA) is 135 Å². The second-order valence-corrected chi connectivity index (χ2v) is 7.10. The molecule has 9 heteroatoms. The number of ether oxygens (including phenoxy) is 2. The number of nitriles is 1. The maximum absolute atomic E-state index is 9.60. The van der Waals surface area contributed by atoms with Crippen LogP contribution in [-0.2, 0) is 9.53 Å². The minimum atomic E-state index is -0.250. The zero-order valence-corrected chi connectivity index (χ0v) is 18.1. The van der Waals surface area contributed by atoms with Crippen molar-refractivity contribution in [2.45, 2.75) is 0 Å². The largest absolute Gasteiger partial charge is 0.492 e. The number of anilines is 1. The highest BCUT2D eigenvalue weighted by molar-refractivity contribution is 5.80. The van der Waals surface area contributed by atoms with Gasteiger partial charge in [-0.3, -0.25) is 14.7 Å². The quantitative estimate of drug-likeness (QED) is 0.547. The highest BCUT2D eigenvalue weighted by Gasteiger charge is 2.14. The third kappa shape index (κ3) is 6.49. The number of carbonyl (C=O) groups is 1. The van der Waals surface area contributed by atoms with Crippen LogP contribution in [0.25, 0.3) is 22.4 Å². The summed E-state index contributed by atoms with van der Waals surface area (Å²) in [5.74, 6) is 1.000. The molecule has 0 bridgehead atoms. The molecule has 0 amide bonds. The molecule has 0 atom stereocenters. The first kappa shape index (κ1) is 23.7. The molecule has 0 saturated carbocycles. The van der Waals surface area contributed by atoms with E-state index in [9.17, 15) is 5.26 Å². The predicted octanol–water partition coefficient (Wildman–Crippen LogP) is 2.68. The van der Waals surface area contributed by atoms with Gasteiger partial charge < -0.3 is 20.3 Å². The Hall–Kier alpha value is -4.00. The van der Waals surface area contributed by atoms with Crippen LogP contribution in [0.2, 0.25) is 0 Å². The van der Waals surface area contributed by atoms with Gasteiger partial charge in [0.05, 0.1) is 18.9 Å². The van der Waals surface area contributed by atoms with E-state index in [0.717, 1.165) is 55.3 Å². The Morgan fingerprint density at radius 3 is 2.58 bits per heavy atom. The van der Waals surface area contributed by atoms with E-state index in [1.54, 1.807) is 12.4 Å². The third-order valence-electron chi connectivity index (χ3n) is 5.06. The molecule has 0 aliphatic carbocycles. The van der Waals surface area contributed by atoms with Crippen molar-refractivity contribution in [1.82, 2.24) is 14.9 Å². The van der Waals surface area contributed by atoms with Crippen molar-refractivity contribution in [2.24, 2.45) is 0 Å². The zero-order valence-electron chi connectivity index (χ0n) is 18.1. The third-order valence-corrected chi connectivity index (χ3v) is 5.06. The maximum atomic E-state index is 9.60. The molecule has 4 rings (SSSR count). The first-order chi connectivity index (χ1) is 16.2. The molecule has 0 spiro atoms. The number of carboxylic acid groups (broad SMARTS) is 1. The van der Waals surface area contributed by atoms with Crippen LogP contribution in [0.5, 0.6) is 5.75 Å². The molecule has 170 valence electrons. The number of nitrogens with zero attached hydrogens (tertiary/aromatic N) is 4. The van der Waals surface area contributed by atoms with Gasteiger partial charge in [-0.05, 0) is 35.9 Å². The molecule has 9 nitrogen and oxygen atoms in total. The summed E-state index contributed by atoms with van der Waals surface area (Å²) in [5.41, 5.74) is 9.59. The lowest BCUT2D eigenvalue weighted by Gasteiger charge is -2.26. The Morgan fingerprint density at radius 2 is 1.94 bits per heavy atom. The SMILES string of the molecule is N#Cc1c(-c2ccc(OCCN3CCOCC3)cc2)cc(-c2cccnc2)nc1N.O=CO. The fourth-order valence-electron chi connectivity index (χ4n) is 3.42. The molecule has 33 heavy (non-hydrogen) atoms. The van der Waals surface area contributed by atoms with Crippen LogP contribution >= 0.6 is 0 Å². The van der Waals surface area contributed by atoms with Gasteiger partial charge in [0.1, 0.15) is 29.8 Å². The molecular formula is C24H25N5O4. The molecule has 2 aromatic heterocycles. The summed E-state index contributed by atoms with van der Waals surface area (Å²) >= 11 is 0. The highest BCUT2D eigenvalue weighted by atomic mass is 16.5. The summed E-state index contributed by atoms with van der Waals surface area (Å²) in [6, 6.07) is 15.5. The van der Waals surface area contributed by atoms with Crippen molar-refractivity contribution < 1.29 is 19.4 Å². The number of morpholine rings is 1. The van der Waals surface area contributed by atoms with E-state index >= 15 is 0 Å². The van der Waals surface area contributed by atoms with Crippen molar-refractivity contribution in [3.05, 3.63) is 60.4 Å². The molecule has 3 N–H and O–H groups in total. The number of benzene rings is 1. The lowest BCUT2D eigenvalue weighted by atomic mass is 9.99. The summed E-state index contributed by atoms with van der Waals surface area (Å²) in [4.78, 5) is 19.2. The van der Waals surface area contributed by atoms with E-state index in [1.165, 1.54) is 0 Å². The van der Waals surface area contributed by atoms with Gasteiger partial charge in [-0.2, -0.15) is 5.26 Å². The molecular weight excluding hydrogens is 422 g/mol. The van der Waals surface area contributed by atoms with Gasteiger partial charge in [0.2, 0.25) is 0 Å². The van der Waals surface area contributed by atoms with Crippen LogP contribution in [-0.4, -0.2) is 65.9 Å². The standard InChI is InChI=1S/C23H23N5O2.CH2O2/c24-15-21-20(14-22(27-23(21)25)18-2-1-7-26-16-18)17-3-5-19(6-4-17)30-13-10-28-8-11-29-12-9-28;2-1-3/h1-7,14,16H,8-13H2,(H2,25,27);1H,(H,2,3). The molecule has 1 aliphatic rings. The molecule has 0 unspecified atom stereocenters. The predicted molar refractivity (Wildman–Crippen MR) is 123 cm³/mol. The second kappa shape index (κ2) is 12.1.